The number of carbonyl (C=O) groups is 1. The van der Waals surface area contributed by atoms with Gasteiger partial charge in [0.25, 0.3) is 5.91 Å². The van der Waals surface area contributed by atoms with Crippen LogP contribution in [-0.2, 0) is 5.66 Å². The zero-order chi connectivity index (χ0) is 17.7. The fourth-order valence-electron chi connectivity index (χ4n) is 3.82. The molecule has 1 aliphatic heterocycles. The third kappa shape index (κ3) is 3.28. The van der Waals surface area contributed by atoms with Gasteiger partial charge in [0.15, 0.2) is 0 Å². The van der Waals surface area contributed by atoms with Gasteiger partial charge in [-0.2, -0.15) is 0 Å². The molecule has 1 heterocycles. The van der Waals surface area contributed by atoms with Gasteiger partial charge >= 0.3 is 0 Å². The van der Waals surface area contributed by atoms with E-state index < -0.39 is 5.66 Å². The lowest BCUT2D eigenvalue weighted by Gasteiger charge is -2.49. The number of nitrogens with one attached hydrogen (secondary N) is 1. The van der Waals surface area contributed by atoms with Crippen molar-refractivity contribution in [1.82, 2.24) is 4.90 Å². The van der Waals surface area contributed by atoms with Gasteiger partial charge < -0.3 is 10.2 Å². The second-order valence-corrected chi connectivity index (χ2v) is 6.81. The summed E-state index contributed by atoms with van der Waals surface area (Å²) in [7, 11) is 0. The topological polar surface area (TPSA) is 32.3 Å². The van der Waals surface area contributed by atoms with Crippen LogP contribution in [0.25, 0.3) is 0 Å². The molecule has 0 saturated carbocycles. The highest BCUT2D eigenvalue weighted by Crippen LogP contribution is 2.41. The van der Waals surface area contributed by atoms with Gasteiger partial charge in [0.1, 0.15) is 5.66 Å². The van der Waals surface area contributed by atoms with E-state index in [1.165, 1.54) is 18.4 Å². The molecule has 3 nitrogen and oxygen atoms in total. The Morgan fingerprint density at radius 2 is 1.64 bits per heavy atom. The Hall–Kier alpha value is -2.29. The molecule has 1 aliphatic rings. The maximum Gasteiger partial charge on any atom is 0.258 e. The summed E-state index contributed by atoms with van der Waals surface area (Å²) in [5, 5.41) is 3.76. The van der Waals surface area contributed by atoms with Crippen molar-refractivity contribution in [3.8, 4) is 0 Å². The molecule has 0 aliphatic carbocycles. The number of carbonyl (C=O) groups excluding carboxylic acids is 1. The molecule has 0 radical (unpaired) electrons. The number of fused-ring (bicyclic) bond motifs is 1. The molecule has 1 atom stereocenters. The van der Waals surface area contributed by atoms with Gasteiger partial charge in [0, 0.05) is 12.2 Å². The Bertz CT molecular complexity index is 713. The van der Waals surface area contributed by atoms with Crippen LogP contribution in [0.2, 0.25) is 0 Å². The van der Waals surface area contributed by atoms with E-state index in [1.54, 1.807) is 0 Å². The van der Waals surface area contributed by atoms with E-state index in [1.807, 2.05) is 30.3 Å². The summed E-state index contributed by atoms with van der Waals surface area (Å²) in [5.74, 6) is 0.136. The van der Waals surface area contributed by atoms with E-state index >= 15 is 0 Å². The number of hydrogen-bond acceptors (Lipinski definition) is 2. The van der Waals surface area contributed by atoms with Crippen LogP contribution < -0.4 is 5.32 Å². The molecule has 2 aromatic rings. The minimum absolute atomic E-state index is 0.136. The predicted octanol–water partition coefficient (Wildman–Crippen LogP) is 5.40. The Morgan fingerprint density at radius 1 is 0.920 bits per heavy atom. The molecule has 2 aromatic carbocycles. The van der Waals surface area contributed by atoms with Gasteiger partial charge in [-0.3, -0.25) is 4.79 Å². The SMILES string of the molecule is CCCCCC1(c2ccccc2)Nc2ccccc2C(=O)N1CCC. The van der Waals surface area contributed by atoms with Crippen LogP contribution in [0.1, 0.15) is 61.9 Å². The van der Waals surface area contributed by atoms with Crippen LogP contribution in [0, 0.1) is 0 Å². The lowest BCUT2D eigenvalue weighted by molar-refractivity contribution is 0.0464. The summed E-state index contributed by atoms with van der Waals surface area (Å²) in [4.78, 5) is 15.4. The van der Waals surface area contributed by atoms with Crippen molar-refractivity contribution < 1.29 is 4.79 Å². The standard InChI is InChI=1S/C22H28N2O/c1-3-5-11-16-22(18-12-7-6-8-13-18)23-20-15-10-9-14-19(20)21(25)24(22)17-4-2/h6-10,12-15,23H,3-5,11,16-17H2,1-2H3. The molecule has 132 valence electrons. The zero-order valence-electron chi connectivity index (χ0n) is 15.3. The van der Waals surface area contributed by atoms with Crippen molar-refractivity contribution in [2.24, 2.45) is 0 Å². The molecule has 0 saturated heterocycles. The summed E-state index contributed by atoms with van der Waals surface area (Å²) in [6.45, 7) is 5.10. The number of hydrogen-bond donors (Lipinski definition) is 1. The lowest BCUT2D eigenvalue weighted by Crippen LogP contribution is -2.57. The van der Waals surface area contributed by atoms with Gasteiger partial charge in [-0.25, -0.2) is 0 Å². The number of benzene rings is 2. The molecule has 0 bridgehead atoms. The predicted molar refractivity (Wildman–Crippen MR) is 104 cm³/mol. The van der Waals surface area contributed by atoms with Crippen LogP contribution in [0.3, 0.4) is 0 Å². The largest absolute Gasteiger partial charge is 0.358 e. The molecule has 0 spiro atoms. The van der Waals surface area contributed by atoms with Gasteiger partial charge in [0.2, 0.25) is 0 Å². The number of unbranched alkanes of at least 4 members (excludes halogenated alkanes) is 2. The average Bonchev–Trinajstić information content (AvgIpc) is 2.66. The second kappa shape index (κ2) is 7.73. The molecule has 25 heavy (non-hydrogen) atoms. The van der Waals surface area contributed by atoms with Crippen LogP contribution in [-0.4, -0.2) is 17.4 Å². The maximum absolute atomic E-state index is 13.3. The monoisotopic (exact) mass is 336 g/mol. The minimum atomic E-state index is -0.460. The van der Waals surface area contributed by atoms with E-state index in [0.717, 1.165) is 37.1 Å². The molecule has 3 rings (SSSR count). The first kappa shape index (κ1) is 17.5. The Labute approximate surface area is 151 Å². The minimum Gasteiger partial charge on any atom is -0.358 e. The van der Waals surface area contributed by atoms with E-state index in [9.17, 15) is 4.79 Å². The van der Waals surface area contributed by atoms with E-state index in [-0.39, 0.29) is 5.91 Å². The fourth-order valence-corrected chi connectivity index (χ4v) is 3.82. The van der Waals surface area contributed by atoms with Crippen molar-refractivity contribution >= 4 is 11.6 Å². The first-order chi connectivity index (χ1) is 12.2. The van der Waals surface area contributed by atoms with Gasteiger partial charge in [-0.1, -0.05) is 69.2 Å². The van der Waals surface area contributed by atoms with E-state index in [0.29, 0.717) is 0 Å². The number of para-hydroxylation sites is 1. The molecule has 1 unspecified atom stereocenters. The highest BCUT2D eigenvalue weighted by molar-refractivity contribution is 6.02. The van der Waals surface area contributed by atoms with Crippen molar-refractivity contribution in [2.45, 2.75) is 51.6 Å². The first-order valence-electron chi connectivity index (χ1n) is 9.47. The molecular formula is C22H28N2O. The average molecular weight is 336 g/mol. The van der Waals surface area contributed by atoms with Crippen molar-refractivity contribution in [1.29, 1.82) is 0 Å². The molecule has 1 N–H and O–H groups in total. The third-order valence-electron chi connectivity index (χ3n) is 5.05. The smallest absolute Gasteiger partial charge is 0.258 e. The quantitative estimate of drug-likeness (QED) is 0.687. The molecule has 1 amide bonds. The highest BCUT2D eigenvalue weighted by atomic mass is 16.2. The van der Waals surface area contributed by atoms with Crippen LogP contribution in [0.15, 0.2) is 54.6 Å². The maximum atomic E-state index is 13.3. The summed E-state index contributed by atoms with van der Waals surface area (Å²) in [5.41, 5.74) is 2.43. The Kier molecular flexibility index (Phi) is 5.42. The summed E-state index contributed by atoms with van der Waals surface area (Å²) >= 11 is 0. The van der Waals surface area contributed by atoms with Crippen molar-refractivity contribution in [3.05, 3.63) is 65.7 Å². The Morgan fingerprint density at radius 3 is 2.36 bits per heavy atom. The summed E-state index contributed by atoms with van der Waals surface area (Å²) in [6, 6.07) is 18.3. The molecule has 0 aromatic heterocycles. The van der Waals surface area contributed by atoms with E-state index in [4.69, 9.17) is 0 Å². The van der Waals surface area contributed by atoms with Crippen LogP contribution >= 0.6 is 0 Å². The van der Waals surface area contributed by atoms with Gasteiger partial charge in [0.05, 0.1) is 5.56 Å². The number of rotatable bonds is 7. The molecule has 3 heteroatoms. The third-order valence-corrected chi connectivity index (χ3v) is 5.05. The van der Waals surface area contributed by atoms with Crippen LogP contribution in [0.4, 0.5) is 5.69 Å². The van der Waals surface area contributed by atoms with Crippen molar-refractivity contribution in [2.75, 3.05) is 11.9 Å². The zero-order valence-corrected chi connectivity index (χ0v) is 15.3. The van der Waals surface area contributed by atoms with Crippen LogP contribution in [0.5, 0.6) is 0 Å². The summed E-state index contributed by atoms with van der Waals surface area (Å²) in [6.07, 6.45) is 5.30. The van der Waals surface area contributed by atoms with Gasteiger partial charge in [-0.05, 0) is 37.0 Å². The second-order valence-electron chi connectivity index (χ2n) is 6.81. The van der Waals surface area contributed by atoms with E-state index in [2.05, 4.69) is 48.3 Å². The number of nitrogens with zero attached hydrogens (tertiary/aromatic N) is 1. The van der Waals surface area contributed by atoms with Gasteiger partial charge in [-0.15, -0.1) is 0 Å². The fraction of sp³-hybridized carbons (Fsp3) is 0.409. The Balaban J connectivity index is 2.11. The first-order valence-corrected chi connectivity index (χ1v) is 9.47. The molecular weight excluding hydrogens is 308 g/mol. The highest BCUT2D eigenvalue weighted by Gasteiger charge is 2.44. The number of anilines is 1. The molecule has 0 fully saturated rings. The lowest BCUT2D eigenvalue weighted by atomic mass is 9.87. The summed E-state index contributed by atoms with van der Waals surface area (Å²) < 4.78 is 0. The number of amides is 1. The van der Waals surface area contributed by atoms with Crippen molar-refractivity contribution in [3.63, 3.8) is 0 Å². The normalized spacial score (nSPS) is 19.4.